The number of nitrogens with one attached hydrogen (secondary N) is 1. The zero-order valence-corrected chi connectivity index (χ0v) is 11.2. The number of hydrogen-bond donors (Lipinski definition) is 1. The SMILES string of the molecule is CCOCCNC(=O)n1cc(-c2ccccc2)oc1=O. The van der Waals surface area contributed by atoms with Crippen molar-refractivity contribution in [1.82, 2.24) is 9.88 Å². The van der Waals surface area contributed by atoms with Crippen LogP contribution in [0, 0.1) is 0 Å². The molecular formula is C14H16N2O4. The predicted octanol–water partition coefficient (Wildman–Crippen LogP) is 1.70. The van der Waals surface area contributed by atoms with Gasteiger partial charge in [-0.1, -0.05) is 30.3 Å². The third kappa shape index (κ3) is 3.36. The Morgan fingerprint density at radius 1 is 1.35 bits per heavy atom. The van der Waals surface area contributed by atoms with E-state index in [1.54, 1.807) is 12.1 Å². The summed E-state index contributed by atoms with van der Waals surface area (Å²) in [6.07, 6.45) is 1.38. The van der Waals surface area contributed by atoms with Gasteiger partial charge in [-0.3, -0.25) is 0 Å². The fraction of sp³-hybridized carbons (Fsp3) is 0.286. The second kappa shape index (κ2) is 6.72. The van der Waals surface area contributed by atoms with E-state index in [1.807, 2.05) is 25.1 Å². The number of rotatable bonds is 5. The van der Waals surface area contributed by atoms with E-state index in [9.17, 15) is 9.59 Å². The minimum atomic E-state index is -0.710. The number of amides is 1. The van der Waals surface area contributed by atoms with Crippen molar-refractivity contribution in [3.8, 4) is 11.3 Å². The first-order chi connectivity index (χ1) is 9.72. The van der Waals surface area contributed by atoms with Crippen LogP contribution in [0.25, 0.3) is 11.3 Å². The average Bonchev–Trinajstić information content (AvgIpc) is 2.86. The molecule has 1 N–H and O–H groups in total. The number of nitrogens with zero attached hydrogens (tertiary/aromatic N) is 1. The van der Waals surface area contributed by atoms with Crippen molar-refractivity contribution < 1.29 is 13.9 Å². The van der Waals surface area contributed by atoms with Crippen LogP contribution in [0.5, 0.6) is 0 Å². The van der Waals surface area contributed by atoms with Crippen molar-refractivity contribution in [1.29, 1.82) is 0 Å². The molecule has 1 amide bonds. The van der Waals surface area contributed by atoms with E-state index in [2.05, 4.69) is 5.32 Å². The fourth-order valence-electron chi connectivity index (χ4n) is 1.68. The Balaban J connectivity index is 2.08. The van der Waals surface area contributed by atoms with Crippen molar-refractivity contribution in [2.24, 2.45) is 0 Å². The van der Waals surface area contributed by atoms with E-state index in [0.29, 0.717) is 25.5 Å². The quantitative estimate of drug-likeness (QED) is 0.844. The normalized spacial score (nSPS) is 10.4. The Morgan fingerprint density at radius 2 is 2.10 bits per heavy atom. The first-order valence-corrected chi connectivity index (χ1v) is 6.36. The van der Waals surface area contributed by atoms with Crippen LogP contribution in [-0.4, -0.2) is 30.4 Å². The third-order valence-electron chi connectivity index (χ3n) is 2.64. The summed E-state index contributed by atoms with van der Waals surface area (Å²) in [5.41, 5.74) is 0.741. The monoisotopic (exact) mass is 276 g/mol. The van der Waals surface area contributed by atoms with Crippen molar-refractivity contribution in [2.45, 2.75) is 6.92 Å². The number of ether oxygens (including phenoxy) is 1. The molecule has 0 aliphatic rings. The lowest BCUT2D eigenvalue weighted by Crippen LogP contribution is -2.35. The maximum atomic E-state index is 11.8. The van der Waals surface area contributed by atoms with Crippen LogP contribution in [0.2, 0.25) is 0 Å². The average molecular weight is 276 g/mol. The maximum absolute atomic E-state index is 11.8. The molecule has 106 valence electrons. The second-order valence-corrected chi connectivity index (χ2v) is 4.03. The van der Waals surface area contributed by atoms with E-state index < -0.39 is 11.8 Å². The molecule has 0 fully saturated rings. The predicted molar refractivity (Wildman–Crippen MR) is 73.7 cm³/mol. The van der Waals surface area contributed by atoms with Gasteiger partial charge in [-0.05, 0) is 6.92 Å². The third-order valence-corrected chi connectivity index (χ3v) is 2.64. The number of aromatic nitrogens is 1. The van der Waals surface area contributed by atoms with Crippen molar-refractivity contribution >= 4 is 6.03 Å². The molecule has 0 atom stereocenters. The molecular weight excluding hydrogens is 260 g/mol. The van der Waals surface area contributed by atoms with Gasteiger partial charge in [0, 0.05) is 18.7 Å². The van der Waals surface area contributed by atoms with Gasteiger partial charge in [0.05, 0.1) is 12.8 Å². The molecule has 0 saturated carbocycles. The molecule has 2 rings (SSSR count). The smallest absolute Gasteiger partial charge is 0.407 e. The van der Waals surface area contributed by atoms with Gasteiger partial charge in [-0.15, -0.1) is 0 Å². The van der Waals surface area contributed by atoms with E-state index in [4.69, 9.17) is 9.15 Å². The second-order valence-electron chi connectivity index (χ2n) is 4.03. The highest BCUT2D eigenvalue weighted by atomic mass is 16.5. The minimum absolute atomic E-state index is 0.338. The van der Waals surface area contributed by atoms with E-state index in [-0.39, 0.29) is 0 Å². The van der Waals surface area contributed by atoms with Crippen LogP contribution in [0.4, 0.5) is 4.79 Å². The highest BCUT2D eigenvalue weighted by molar-refractivity contribution is 5.77. The summed E-state index contributed by atoms with van der Waals surface area (Å²) in [4.78, 5) is 23.5. The van der Waals surface area contributed by atoms with Crippen LogP contribution in [0.3, 0.4) is 0 Å². The molecule has 20 heavy (non-hydrogen) atoms. The molecule has 6 heteroatoms. The van der Waals surface area contributed by atoms with Crippen LogP contribution >= 0.6 is 0 Å². The highest BCUT2D eigenvalue weighted by Gasteiger charge is 2.13. The lowest BCUT2D eigenvalue weighted by atomic mass is 10.2. The van der Waals surface area contributed by atoms with Gasteiger partial charge in [0.2, 0.25) is 0 Å². The molecule has 1 aromatic heterocycles. The van der Waals surface area contributed by atoms with Crippen LogP contribution in [-0.2, 0) is 4.74 Å². The summed E-state index contributed by atoms with van der Waals surface area (Å²) in [5, 5.41) is 2.58. The molecule has 0 unspecified atom stereocenters. The summed E-state index contributed by atoms with van der Waals surface area (Å²) in [6, 6.07) is 8.59. The van der Waals surface area contributed by atoms with Crippen LogP contribution in [0.15, 0.2) is 45.7 Å². The zero-order valence-electron chi connectivity index (χ0n) is 11.2. The zero-order chi connectivity index (χ0) is 14.4. The summed E-state index contributed by atoms with van der Waals surface area (Å²) in [7, 11) is 0. The lowest BCUT2D eigenvalue weighted by Gasteiger charge is -2.03. The van der Waals surface area contributed by atoms with Gasteiger partial charge in [0.1, 0.15) is 0 Å². The largest absolute Gasteiger partial charge is 0.427 e. The van der Waals surface area contributed by atoms with Crippen molar-refractivity contribution in [3.05, 3.63) is 47.1 Å². The Bertz CT molecular complexity index is 616. The number of hydrogen-bond acceptors (Lipinski definition) is 4. The Morgan fingerprint density at radius 3 is 2.80 bits per heavy atom. The molecule has 2 aromatic rings. The summed E-state index contributed by atoms with van der Waals surface area (Å²) in [5.74, 6) is -0.353. The molecule has 0 saturated heterocycles. The van der Waals surface area contributed by atoms with Crippen molar-refractivity contribution in [3.63, 3.8) is 0 Å². The van der Waals surface area contributed by atoms with Gasteiger partial charge >= 0.3 is 11.8 Å². The molecule has 0 aliphatic heterocycles. The number of benzene rings is 1. The Labute approximate surface area is 116 Å². The van der Waals surface area contributed by atoms with E-state index in [1.165, 1.54) is 6.20 Å². The van der Waals surface area contributed by atoms with E-state index >= 15 is 0 Å². The topological polar surface area (TPSA) is 73.5 Å². The van der Waals surface area contributed by atoms with Crippen molar-refractivity contribution in [2.75, 3.05) is 19.8 Å². The van der Waals surface area contributed by atoms with Crippen LogP contribution in [0.1, 0.15) is 6.92 Å². The minimum Gasteiger partial charge on any atom is -0.407 e. The molecule has 0 aliphatic carbocycles. The van der Waals surface area contributed by atoms with Crippen LogP contribution < -0.4 is 11.1 Å². The molecule has 6 nitrogen and oxygen atoms in total. The maximum Gasteiger partial charge on any atom is 0.427 e. The summed E-state index contributed by atoms with van der Waals surface area (Å²) >= 11 is 0. The van der Waals surface area contributed by atoms with Gasteiger partial charge in [0.25, 0.3) is 0 Å². The fourth-order valence-corrected chi connectivity index (χ4v) is 1.68. The number of carbonyl (C=O) groups excluding carboxylic acids is 1. The molecule has 0 spiro atoms. The summed E-state index contributed by atoms with van der Waals surface area (Å²) < 4.78 is 11.1. The molecule has 0 radical (unpaired) electrons. The van der Waals surface area contributed by atoms with Gasteiger partial charge in [-0.2, -0.15) is 4.57 Å². The molecule has 0 bridgehead atoms. The molecule has 1 heterocycles. The molecule has 1 aromatic carbocycles. The van der Waals surface area contributed by atoms with Gasteiger partial charge < -0.3 is 14.5 Å². The Hall–Kier alpha value is -2.34. The lowest BCUT2D eigenvalue weighted by molar-refractivity contribution is 0.149. The van der Waals surface area contributed by atoms with Gasteiger partial charge in [-0.25, -0.2) is 9.59 Å². The first kappa shape index (κ1) is 14.1. The summed E-state index contributed by atoms with van der Waals surface area (Å²) in [6.45, 7) is 3.19. The van der Waals surface area contributed by atoms with E-state index in [0.717, 1.165) is 10.1 Å². The van der Waals surface area contributed by atoms with Gasteiger partial charge in [0.15, 0.2) is 5.76 Å². The number of oxazole rings is 1. The first-order valence-electron chi connectivity index (χ1n) is 6.36. The standard InChI is InChI=1S/C14H16N2O4/c1-2-19-9-8-15-13(17)16-10-12(20-14(16)18)11-6-4-3-5-7-11/h3-7,10H,2,8-9H2,1H3,(H,15,17). The Kier molecular flexibility index (Phi) is 4.73. The number of carbonyl (C=O) groups is 1. The highest BCUT2D eigenvalue weighted by Crippen LogP contribution is 2.16.